The molecule has 2 aromatic rings. The van der Waals surface area contributed by atoms with Gasteiger partial charge in [0.05, 0.1) is 11.5 Å². The van der Waals surface area contributed by atoms with Crippen LogP contribution in [0.15, 0.2) is 40.7 Å². The van der Waals surface area contributed by atoms with E-state index in [0.717, 1.165) is 0 Å². The number of benzene rings is 1. The molecule has 0 radical (unpaired) electrons. The van der Waals surface area contributed by atoms with E-state index < -0.39 is 10.0 Å². The van der Waals surface area contributed by atoms with Crippen molar-refractivity contribution >= 4 is 26.5 Å². The Morgan fingerprint density at radius 2 is 1.91 bits per heavy atom. The lowest BCUT2D eigenvalue weighted by Crippen LogP contribution is -2.15. The van der Waals surface area contributed by atoms with E-state index in [1.54, 1.807) is 35.8 Å². The van der Waals surface area contributed by atoms with E-state index in [9.17, 15) is 8.42 Å². The van der Waals surface area contributed by atoms with Crippen molar-refractivity contribution < 1.29 is 13.2 Å². The van der Waals surface area contributed by atoms with E-state index >= 15 is 0 Å². The molecule has 1 aromatic heterocycles. The van der Waals surface area contributed by atoms with Crippen molar-refractivity contribution in [2.24, 2.45) is 5.92 Å². The van der Waals surface area contributed by atoms with E-state index in [2.05, 4.69) is 9.71 Å². The molecule has 23 heavy (non-hydrogen) atoms. The number of nitrogens with one attached hydrogen (secondary N) is 1. The maximum absolute atomic E-state index is 12.2. The molecular formula is C16H20N2O3S2. The van der Waals surface area contributed by atoms with Crippen LogP contribution in [0.25, 0.3) is 0 Å². The second-order valence-corrected chi connectivity index (χ2v) is 8.31. The van der Waals surface area contributed by atoms with Gasteiger partial charge in [0, 0.05) is 11.6 Å². The summed E-state index contributed by atoms with van der Waals surface area (Å²) in [5.41, 5.74) is 0. The third-order valence-corrected chi connectivity index (χ3v) is 6.17. The van der Waals surface area contributed by atoms with E-state index in [1.165, 1.54) is 43.4 Å². The van der Waals surface area contributed by atoms with Crippen molar-refractivity contribution in [3.05, 3.63) is 35.8 Å². The second-order valence-electron chi connectivity index (χ2n) is 5.73. The molecule has 1 aromatic carbocycles. The predicted octanol–water partition coefficient (Wildman–Crippen LogP) is 3.90. The van der Waals surface area contributed by atoms with Crippen LogP contribution in [-0.4, -0.2) is 20.0 Å². The van der Waals surface area contributed by atoms with Gasteiger partial charge in [-0.15, -0.1) is 11.3 Å². The lowest BCUT2D eigenvalue weighted by Gasteiger charge is -2.21. The second kappa shape index (κ2) is 7.31. The molecule has 1 aliphatic rings. The van der Waals surface area contributed by atoms with E-state index in [0.29, 0.717) is 23.4 Å². The highest BCUT2D eigenvalue weighted by Crippen LogP contribution is 2.25. The minimum absolute atomic E-state index is 0.206. The average Bonchev–Trinajstić information content (AvgIpc) is 3.06. The molecule has 1 saturated carbocycles. The summed E-state index contributed by atoms with van der Waals surface area (Å²) in [4.78, 5) is 4.14. The van der Waals surface area contributed by atoms with Gasteiger partial charge in [0.25, 0.3) is 10.0 Å². The van der Waals surface area contributed by atoms with Crippen molar-refractivity contribution in [1.29, 1.82) is 0 Å². The molecule has 0 spiro atoms. The van der Waals surface area contributed by atoms with Crippen molar-refractivity contribution in [2.75, 3.05) is 11.3 Å². The fraction of sp³-hybridized carbons (Fsp3) is 0.438. The summed E-state index contributed by atoms with van der Waals surface area (Å²) in [5, 5.41) is 2.09. The first-order valence-electron chi connectivity index (χ1n) is 7.79. The summed E-state index contributed by atoms with van der Waals surface area (Å²) in [6, 6.07) is 6.54. The maximum Gasteiger partial charge on any atom is 0.263 e. The zero-order valence-electron chi connectivity index (χ0n) is 12.8. The van der Waals surface area contributed by atoms with Gasteiger partial charge in [-0.05, 0) is 43.0 Å². The monoisotopic (exact) mass is 352 g/mol. The molecule has 3 rings (SSSR count). The van der Waals surface area contributed by atoms with Gasteiger partial charge in [0.1, 0.15) is 5.75 Å². The Morgan fingerprint density at radius 1 is 1.17 bits per heavy atom. The first kappa shape index (κ1) is 16.3. The van der Waals surface area contributed by atoms with Crippen molar-refractivity contribution in [3.8, 4) is 5.75 Å². The smallest absolute Gasteiger partial charge is 0.263 e. The van der Waals surface area contributed by atoms with Crippen LogP contribution in [0, 0.1) is 5.92 Å². The molecule has 1 heterocycles. The quantitative estimate of drug-likeness (QED) is 0.856. The number of ether oxygens (including phenoxy) is 1. The highest BCUT2D eigenvalue weighted by atomic mass is 32.2. The average molecular weight is 352 g/mol. The van der Waals surface area contributed by atoms with Gasteiger partial charge in [0.15, 0.2) is 5.13 Å². The summed E-state index contributed by atoms with van der Waals surface area (Å²) in [6.45, 7) is 0.712. The zero-order chi connectivity index (χ0) is 16.1. The SMILES string of the molecule is O=S(=O)(Nc1nccs1)c1ccc(OCC2CCCCC2)cc1. The van der Waals surface area contributed by atoms with Gasteiger partial charge < -0.3 is 4.74 Å². The van der Waals surface area contributed by atoms with Gasteiger partial charge in [-0.3, -0.25) is 4.72 Å². The molecule has 0 atom stereocenters. The van der Waals surface area contributed by atoms with Crippen molar-refractivity contribution in [3.63, 3.8) is 0 Å². The number of anilines is 1. The summed E-state index contributed by atoms with van der Waals surface area (Å²) in [7, 11) is -3.59. The normalized spacial score (nSPS) is 16.2. The van der Waals surface area contributed by atoms with Crippen molar-refractivity contribution in [1.82, 2.24) is 4.98 Å². The van der Waals surface area contributed by atoms with E-state index in [1.807, 2.05) is 0 Å². The highest BCUT2D eigenvalue weighted by molar-refractivity contribution is 7.93. The summed E-state index contributed by atoms with van der Waals surface area (Å²) < 4.78 is 32.7. The minimum atomic E-state index is -3.59. The van der Waals surface area contributed by atoms with E-state index in [4.69, 9.17) is 4.74 Å². The van der Waals surface area contributed by atoms with Crippen LogP contribution in [0.5, 0.6) is 5.75 Å². The molecule has 1 aliphatic carbocycles. The molecule has 1 fully saturated rings. The van der Waals surface area contributed by atoms with Gasteiger partial charge >= 0.3 is 0 Å². The Hall–Kier alpha value is -1.60. The van der Waals surface area contributed by atoms with Gasteiger partial charge in [-0.1, -0.05) is 19.3 Å². The topological polar surface area (TPSA) is 68.3 Å². The molecule has 0 bridgehead atoms. The van der Waals surface area contributed by atoms with Crippen LogP contribution < -0.4 is 9.46 Å². The Kier molecular flexibility index (Phi) is 5.17. The number of thiazole rings is 1. The fourth-order valence-electron chi connectivity index (χ4n) is 2.73. The van der Waals surface area contributed by atoms with Gasteiger partial charge in [0.2, 0.25) is 0 Å². The van der Waals surface area contributed by atoms with Gasteiger partial charge in [-0.25, -0.2) is 13.4 Å². The highest BCUT2D eigenvalue weighted by Gasteiger charge is 2.16. The van der Waals surface area contributed by atoms with Crippen LogP contribution in [0.3, 0.4) is 0 Å². The molecule has 7 heteroatoms. The Morgan fingerprint density at radius 3 is 2.57 bits per heavy atom. The summed E-state index contributed by atoms with van der Waals surface area (Å²) >= 11 is 1.25. The molecule has 0 unspecified atom stereocenters. The largest absolute Gasteiger partial charge is 0.493 e. The zero-order valence-corrected chi connectivity index (χ0v) is 14.4. The minimum Gasteiger partial charge on any atom is -0.493 e. The standard InChI is InChI=1S/C16H20N2O3S2/c19-23(20,18-16-17-10-11-22-16)15-8-6-14(7-9-15)21-12-13-4-2-1-3-5-13/h6-11,13H,1-5,12H2,(H,17,18). The lowest BCUT2D eigenvalue weighted by atomic mass is 9.90. The predicted molar refractivity (Wildman–Crippen MR) is 91.4 cm³/mol. The number of hydrogen-bond donors (Lipinski definition) is 1. The number of nitrogens with zero attached hydrogens (tertiary/aromatic N) is 1. The molecule has 124 valence electrons. The number of rotatable bonds is 6. The summed E-state index contributed by atoms with van der Waals surface area (Å²) in [5.74, 6) is 1.34. The fourth-order valence-corrected chi connectivity index (χ4v) is 4.52. The van der Waals surface area contributed by atoms with Crippen LogP contribution in [0.4, 0.5) is 5.13 Å². The number of aromatic nitrogens is 1. The Bertz CT molecular complexity index is 706. The number of sulfonamides is 1. The van der Waals surface area contributed by atoms with Crippen LogP contribution in [0.2, 0.25) is 0 Å². The van der Waals surface area contributed by atoms with Crippen molar-refractivity contribution in [2.45, 2.75) is 37.0 Å². The Balaban J connectivity index is 1.59. The van der Waals surface area contributed by atoms with Gasteiger partial charge in [-0.2, -0.15) is 0 Å². The first-order valence-corrected chi connectivity index (χ1v) is 10.1. The molecule has 5 nitrogen and oxygen atoms in total. The molecule has 0 aliphatic heterocycles. The lowest BCUT2D eigenvalue weighted by molar-refractivity contribution is 0.209. The Labute approximate surface area is 140 Å². The molecule has 0 amide bonds. The van der Waals surface area contributed by atoms with Crippen LogP contribution in [-0.2, 0) is 10.0 Å². The van der Waals surface area contributed by atoms with Crippen LogP contribution in [0.1, 0.15) is 32.1 Å². The molecular weight excluding hydrogens is 332 g/mol. The summed E-state index contributed by atoms with van der Waals surface area (Å²) in [6.07, 6.45) is 7.91. The first-order chi connectivity index (χ1) is 11.1. The van der Waals surface area contributed by atoms with E-state index in [-0.39, 0.29) is 4.90 Å². The third-order valence-electron chi connectivity index (χ3n) is 4.00. The maximum atomic E-state index is 12.2. The number of hydrogen-bond acceptors (Lipinski definition) is 5. The van der Waals surface area contributed by atoms with Crippen LogP contribution >= 0.6 is 11.3 Å². The third kappa shape index (κ3) is 4.45. The molecule has 0 saturated heterocycles. The molecule has 1 N–H and O–H groups in total.